The van der Waals surface area contributed by atoms with E-state index in [-0.39, 0.29) is 5.97 Å². The summed E-state index contributed by atoms with van der Waals surface area (Å²) in [5, 5.41) is 0. The number of hydrogen-bond acceptors (Lipinski definition) is 2. The molecule has 0 aromatic heterocycles. The van der Waals surface area contributed by atoms with Gasteiger partial charge in [-0.3, -0.25) is 0 Å². The Kier molecular flexibility index (Phi) is 26.5. The van der Waals surface area contributed by atoms with Crippen LogP contribution < -0.4 is 3.58 Å². The fourth-order valence-corrected chi connectivity index (χ4v) is 24.8. The Hall–Kier alpha value is 0.287. The molecule has 1 rings (SSSR count). The number of benzene rings is 1. The van der Waals surface area contributed by atoms with Crippen molar-refractivity contribution < 1.29 is 7.87 Å². The average molecular weight is 796 g/mol. The maximum absolute atomic E-state index is 11.9. The summed E-state index contributed by atoms with van der Waals surface area (Å²) in [4.78, 5) is 11.9. The molecule has 42 heavy (non-hydrogen) atoms. The predicted molar refractivity (Wildman–Crippen MR) is 191 cm³/mol. The first-order chi connectivity index (χ1) is 20.5. The molecule has 0 aliphatic heterocycles. The quantitative estimate of drug-likeness (QED) is 0.0596. The second kappa shape index (κ2) is 27.6. The molecule has 2 radical (unpaired) electrons. The van der Waals surface area contributed by atoms with Gasteiger partial charge in [-0.15, -0.1) is 0 Å². The van der Waals surface area contributed by atoms with Crippen LogP contribution in [0.15, 0.2) is 24.3 Å². The van der Waals surface area contributed by atoms with Crippen molar-refractivity contribution in [1.82, 2.24) is 0 Å². The number of unbranched alkanes of at least 4 members (excludes halogenated alkanes) is 13. The average Bonchev–Trinajstić information content (AvgIpc) is 3.00. The molecule has 0 amide bonds. The summed E-state index contributed by atoms with van der Waals surface area (Å²) in [5.74, 6) is 0.564. The first kappa shape index (κ1) is 40.3. The molecule has 0 fully saturated rings. The van der Waals surface area contributed by atoms with E-state index >= 15 is 0 Å². The summed E-state index contributed by atoms with van der Waals surface area (Å²) in [5.41, 5.74) is 1.57. The van der Waals surface area contributed by atoms with Crippen molar-refractivity contribution in [2.45, 2.75) is 187 Å². The molecule has 1 unspecified atom stereocenters. The predicted octanol–water partition coefficient (Wildman–Crippen LogP) is 12.0. The molecule has 1 aromatic carbocycles. The van der Waals surface area contributed by atoms with Crippen molar-refractivity contribution in [3.63, 3.8) is 0 Å². The number of aryl methyl sites for hydroxylation is 1. The summed E-state index contributed by atoms with van der Waals surface area (Å²) in [7, 11) is 0. The van der Waals surface area contributed by atoms with Crippen molar-refractivity contribution in [3.8, 4) is 0 Å². The zero-order valence-corrected chi connectivity index (χ0v) is 34.6. The fourth-order valence-electron chi connectivity index (χ4n) is 6.42. The van der Waals surface area contributed by atoms with Gasteiger partial charge in [0.25, 0.3) is 0 Å². The van der Waals surface area contributed by atoms with E-state index in [1.165, 1.54) is 133 Å². The third kappa shape index (κ3) is 19.6. The Bertz CT molecular complexity index is 726. The zero-order valence-electron chi connectivity index (χ0n) is 28.9. The van der Waals surface area contributed by atoms with Gasteiger partial charge in [0.05, 0.1) is 0 Å². The third-order valence-corrected chi connectivity index (χ3v) is 27.7. The normalized spacial score (nSPS) is 12.5. The van der Waals surface area contributed by atoms with Crippen LogP contribution in [0.2, 0.25) is 17.7 Å². The Morgan fingerprint density at radius 3 is 1.64 bits per heavy atom. The minimum absolute atomic E-state index is 0.0786. The SMILES string of the molecule is CCC[CH2][Sn][O]C(=O)CC(C)CCCCCCCCCCCCc1cc[c]([Sn]([CH2]CCC)([CH2]CCC)[CH2]CCC)cc1. The van der Waals surface area contributed by atoms with Crippen LogP contribution >= 0.6 is 0 Å². The van der Waals surface area contributed by atoms with E-state index in [0.717, 1.165) is 0 Å². The van der Waals surface area contributed by atoms with Crippen molar-refractivity contribution in [2.75, 3.05) is 0 Å². The van der Waals surface area contributed by atoms with Gasteiger partial charge in [0.15, 0.2) is 0 Å². The monoisotopic (exact) mass is 798 g/mol. The van der Waals surface area contributed by atoms with Crippen LogP contribution in [0.4, 0.5) is 0 Å². The van der Waals surface area contributed by atoms with Gasteiger partial charge in [-0.25, -0.2) is 0 Å². The van der Waals surface area contributed by atoms with Gasteiger partial charge >= 0.3 is 280 Å². The van der Waals surface area contributed by atoms with Gasteiger partial charge in [0.1, 0.15) is 0 Å². The molecule has 0 spiro atoms. The van der Waals surface area contributed by atoms with E-state index in [0.29, 0.717) is 12.3 Å². The molecular weight excluding hydrogens is 726 g/mol. The second-order valence-corrected chi connectivity index (χ2v) is 29.5. The van der Waals surface area contributed by atoms with Crippen LogP contribution in [0.25, 0.3) is 0 Å². The van der Waals surface area contributed by atoms with Crippen molar-refractivity contribution in [3.05, 3.63) is 29.8 Å². The third-order valence-electron chi connectivity index (χ3n) is 9.34. The summed E-state index contributed by atoms with van der Waals surface area (Å²) in [6.45, 7) is 11.6. The molecule has 0 aliphatic carbocycles. The molecule has 1 atom stereocenters. The topological polar surface area (TPSA) is 26.3 Å². The summed E-state index contributed by atoms with van der Waals surface area (Å²) < 4.78 is 13.2. The Morgan fingerprint density at radius 2 is 1.14 bits per heavy atom. The molecule has 0 bridgehead atoms. The molecule has 0 heterocycles. The van der Waals surface area contributed by atoms with E-state index in [1.807, 2.05) is 3.58 Å². The molecule has 2 nitrogen and oxygen atoms in total. The molecular formula is C38H70O2Sn2. The van der Waals surface area contributed by atoms with E-state index in [2.05, 4.69) is 58.9 Å². The van der Waals surface area contributed by atoms with Crippen LogP contribution in [0, 0.1) is 5.92 Å². The summed E-state index contributed by atoms with van der Waals surface area (Å²) in [6.07, 6.45) is 27.6. The van der Waals surface area contributed by atoms with Gasteiger partial charge < -0.3 is 0 Å². The van der Waals surface area contributed by atoms with Gasteiger partial charge in [-0.1, -0.05) is 0 Å². The molecule has 0 saturated carbocycles. The van der Waals surface area contributed by atoms with E-state index in [1.54, 1.807) is 18.9 Å². The van der Waals surface area contributed by atoms with Crippen LogP contribution in [0.5, 0.6) is 0 Å². The molecule has 0 aliphatic rings. The molecule has 4 heteroatoms. The van der Waals surface area contributed by atoms with Crippen LogP contribution in [-0.2, 0) is 14.3 Å². The Labute approximate surface area is 278 Å². The summed E-state index contributed by atoms with van der Waals surface area (Å²) >= 11 is -3.14. The first-order valence-electron chi connectivity index (χ1n) is 18.5. The number of hydrogen-bond donors (Lipinski definition) is 0. The van der Waals surface area contributed by atoms with Crippen LogP contribution in [-0.4, -0.2) is 45.9 Å². The number of carbonyl (C=O) groups excluding carboxylic acids is 1. The van der Waals surface area contributed by atoms with Gasteiger partial charge in [0, 0.05) is 0 Å². The van der Waals surface area contributed by atoms with E-state index in [4.69, 9.17) is 3.07 Å². The van der Waals surface area contributed by atoms with Gasteiger partial charge in [-0.2, -0.15) is 0 Å². The number of carbonyl (C=O) groups is 1. The number of rotatable bonds is 29. The molecule has 242 valence electrons. The van der Waals surface area contributed by atoms with Gasteiger partial charge in [0.2, 0.25) is 0 Å². The van der Waals surface area contributed by atoms with Crippen molar-refractivity contribution in [2.24, 2.45) is 5.92 Å². The van der Waals surface area contributed by atoms with Gasteiger partial charge in [-0.05, 0) is 0 Å². The first-order valence-corrected chi connectivity index (χ1v) is 29.2. The maximum atomic E-state index is 11.9. The van der Waals surface area contributed by atoms with Crippen molar-refractivity contribution in [1.29, 1.82) is 0 Å². The summed E-state index contributed by atoms with van der Waals surface area (Å²) in [6, 6.07) is 10.2. The molecule has 0 saturated heterocycles. The van der Waals surface area contributed by atoms with Crippen molar-refractivity contribution >= 4 is 49.5 Å². The van der Waals surface area contributed by atoms with Crippen LogP contribution in [0.1, 0.15) is 169 Å². The second-order valence-electron chi connectivity index (χ2n) is 13.4. The Morgan fingerprint density at radius 1 is 0.667 bits per heavy atom. The Balaban J connectivity index is 2.16. The fraction of sp³-hybridized carbons (Fsp3) is 0.816. The van der Waals surface area contributed by atoms with Crippen LogP contribution in [0.3, 0.4) is 0 Å². The van der Waals surface area contributed by atoms with E-state index in [9.17, 15) is 4.79 Å². The zero-order chi connectivity index (χ0) is 30.7. The minimum atomic E-state index is -2.26. The standard InChI is InChI=1S/C22H35O2.4C4H9.2Sn/c1-20(19-22(23)24)15-11-8-6-4-2-3-5-7-9-12-16-21-17-13-10-14-18-21;4*1-3-4-2;;/h13-14,17-18,20H,2-9,11-12,15-16,19H2,1H3,(H,23,24);4*1,3-4H2,2H3;;/q;;;;;;+1/p-1. The van der Waals surface area contributed by atoms with E-state index < -0.39 is 39.9 Å². The molecule has 0 N–H and O–H groups in total. The molecule has 1 aromatic rings.